The molecule has 4 aromatic carbocycles. The fourth-order valence-electron chi connectivity index (χ4n) is 4.29. The Hall–Kier alpha value is -3.50. The van der Waals surface area contributed by atoms with Crippen LogP contribution in [0.5, 0.6) is 0 Å². The third-order valence-corrected chi connectivity index (χ3v) is 6.29. The van der Waals surface area contributed by atoms with Crippen LogP contribution < -0.4 is 0 Å². The minimum Gasteiger partial charge on any atom is -0.269 e. The summed E-state index contributed by atoms with van der Waals surface area (Å²) in [5.41, 5.74) is 8.19. The van der Waals surface area contributed by atoms with Gasteiger partial charge in [-0.2, -0.15) is 0 Å². The lowest BCUT2D eigenvalue weighted by atomic mass is 9.92. The van der Waals surface area contributed by atoms with E-state index in [0.29, 0.717) is 4.73 Å². The van der Waals surface area contributed by atoms with E-state index in [1.165, 1.54) is 22.3 Å². The molecule has 1 aromatic heterocycles. The number of aromatic nitrogens is 3. The summed E-state index contributed by atoms with van der Waals surface area (Å²) in [6.45, 7) is 2.22. The van der Waals surface area contributed by atoms with E-state index in [9.17, 15) is 0 Å². The van der Waals surface area contributed by atoms with Crippen molar-refractivity contribution >= 4 is 15.9 Å². The van der Waals surface area contributed by atoms with E-state index >= 15 is 0 Å². The lowest BCUT2D eigenvalue weighted by Crippen LogP contribution is -2.06. The van der Waals surface area contributed by atoms with Crippen LogP contribution in [0.2, 0.25) is 0 Å². The Balaban J connectivity index is 1.84. The van der Waals surface area contributed by atoms with Crippen LogP contribution in [0.3, 0.4) is 0 Å². The quantitative estimate of drug-likeness (QED) is 0.240. The lowest BCUT2D eigenvalue weighted by molar-refractivity contribution is 0.895. The van der Waals surface area contributed by atoms with Crippen LogP contribution in [0.1, 0.15) is 18.9 Å². The van der Waals surface area contributed by atoms with E-state index in [2.05, 4.69) is 123 Å². The van der Waals surface area contributed by atoms with Gasteiger partial charge in [-0.25, -0.2) is 0 Å². The van der Waals surface area contributed by atoms with Gasteiger partial charge in [0.05, 0.1) is 5.69 Å². The molecular formula is C29H24BrN3. The average Bonchev–Trinajstić information content (AvgIpc) is 3.26. The summed E-state index contributed by atoms with van der Waals surface area (Å²) in [4.78, 5) is 0. The van der Waals surface area contributed by atoms with Crippen molar-refractivity contribution in [3.8, 4) is 39.3 Å². The maximum absolute atomic E-state index is 4.55. The Bertz CT molecular complexity index is 1360. The molecule has 5 rings (SSSR count). The van der Waals surface area contributed by atoms with E-state index in [1.54, 1.807) is 0 Å². The van der Waals surface area contributed by atoms with E-state index in [0.717, 1.165) is 35.5 Å². The summed E-state index contributed by atoms with van der Waals surface area (Å²) in [7, 11) is 0. The fourth-order valence-corrected chi connectivity index (χ4v) is 4.72. The van der Waals surface area contributed by atoms with Gasteiger partial charge in [-0.3, -0.25) is 4.57 Å². The largest absolute Gasteiger partial charge is 0.269 e. The van der Waals surface area contributed by atoms with Gasteiger partial charge in [0.25, 0.3) is 0 Å². The standard InChI is InChI=1S/C29H24BrN3/c1-2-12-24-19-25(21-13-6-3-7-14-21)20-26(22-15-8-4-9-16-22)27(24)33-28(31-32-29(33)30)23-17-10-5-11-18-23/h3-11,13-20H,2,12H2,1H3. The fraction of sp³-hybridized carbons (Fsp3) is 0.103. The molecule has 0 spiro atoms. The molecule has 0 N–H and O–H groups in total. The van der Waals surface area contributed by atoms with Crippen molar-refractivity contribution in [1.82, 2.24) is 14.8 Å². The molecule has 0 radical (unpaired) electrons. The summed E-state index contributed by atoms with van der Waals surface area (Å²) in [6.07, 6.45) is 1.99. The Morgan fingerprint density at radius 1 is 0.667 bits per heavy atom. The maximum atomic E-state index is 4.55. The van der Waals surface area contributed by atoms with Crippen LogP contribution in [0, 0.1) is 0 Å². The highest BCUT2D eigenvalue weighted by atomic mass is 79.9. The number of rotatable bonds is 6. The van der Waals surface area contributed by atoms with Gasteiger partial charge in [0, 0.05) is 11.1 Å². The number of halogens is 1. The van der Waals surface area contributed by atoms with Crippen molar-refractivity contribution in [1.29, 1.82) is 0 Å². The zero-order valence-corrected chi connectivity index (χ0v) is 20.0. The summed E-state index contributed by atoms with van der Waals surface area (Å²) in [5.74, 6) is 0.824. The first-order valence-electron chi connectivity index (χ1n) is 11.2. The first-order valence-corrected chi connectivity index (χ1v) is 12.0. The van der Waals surface area contributed by atoms with Crippen molar-refractivity contribution in [2.45, 2.75) is 19.8 Å². The van der Waals surface area contributed by atoms with Gasteiger partial charge in [0.15, 0.2) is 5.82 Å². The Kier molecular flexibility index (Phi) is 6.18. The van der Waals surface area contributed by atoms with Gasteiger partial charge in [-0.05, 0) is 56.7 Å². The minimum atomic E-state index is 0.698. The van der Waals surface area contributed by atoms with Crippen molar-refractivity contribution in [3.63, 3.8) is 0 Å². The van der Waals surface area contributed by atoms with Gasteiger partial charge in [-0.15, -0.1) is 10.2 Å². The minimum absolute atomic E-state index is 0.698. The van der Waals surface area contributed by atoms with Gasteiger partial charge in [-0.1, -0.05) is 104 Å². The molecule has 4 heteroatoms. The maximum Gasteiger partial charge on any atom is 0.205 e. The monoisotopic (exact) mass is 493 g/mol. The van der Waals surface area contributed by atoms with Crippen molar-refractivity contribution in [2.24, 2.45) is 0 Å². The van der Waals surface area contributed by atoms with Crippen molar-refractivity contribution < 1.29 is 0 Å². The molecule has 0 aliphatic rings. The molecular weight excluding hydrogens is 470 g/mol. The zero-order valence-electron chi connectivity index (χ0n) is 18.4. The number of aryl methyl sites for hydroxylation is 1. The molecule has 0 amide bonds. The molecule has 0 saturated carbocycles. The third kappa shape index (κ3) is 4.27. The molecule has 1 heterocycles. The van der Waals surface area contributed by atoms with Crippen LogP contribution >= 0.6 is 15.9 Å². The summed E-state index contributed by atoms with van der Waals surface area (Å²) in [5, 5.41) is 8.96. The normalized spacial score (nSPS) is 11.0. The lowest BCUT2D eigenvalue weighted by Gasteiger charge is -2.20. The Morgan fingerprint density at radius 2 is 1.24 bits per heavy atom. The summed E-state index contributed by atoms with van der Waals surface area (Å²) in [6, 6.07) is 36.0. The second-order valence-corrected chi connectivity index (χ2v) is 8.72. The highest BCUT2D eigenvalue weighted by Gasteiger charge is 2.21. The zero-order chi connectivity index (χ0) is 22.6. The molecule has 0 aliphatic heterocycles. The topological polar surface area (TPSA) is 30.7 Å². The summed E-state index contributed by atoms with van der Waals surface area (Å²) >= 11 is 3.70. The predicted molar refractivity (Wildman–Crippen MR) is 139 cm³/mol. The van der Waals surface area contributed by atoms with Crippen LogP contribution in [0.25, 0.3) is 39.3 Å². The van der Waals surface area contributed by atoms with Gasteiger partial charge in [0.1, 0.15) is 0 Å². The average molecular weight is 494 g/mol. The highest BCUT2D eigenvalue weighted by molar-refractivity contribution is 9.10. The highest BCUT2D eigenvalue weighted by Crippen LogP contribution is 2.38. The first kappa shape index (κ1) is 21.4. The Morgan fingerprint density at radius 3 is 1.85 bits per heavy atom. The Labute approximate surface area is 202 Å². The molecule has 0 bridgehead atoms. The molecule has 0 aliphatic carbocycles. The van der Waals surface area contributed by atoms with Gasteiger partial charge in [0.2, 0.25) is 4.73 Å². The molecule has 5 aromatic rings. The smallest absolute Gasteiger partial charge is 0.205 e. The molecule has 0 unspecified atom stereocenters. The van der Waals surface area contributed by atoms with Gasteiger partial charge < -0.3 is 0 Å². The number of hydrogen-bond donors (Lipinski definition) is 0. The molecule has 0 atom stereocenters. The van der Waals surface area contributed by atoms with Crippen LogP contribution in [-0.2, 0) is 6.42 Å². The van der Waals surface area contributed by atoms with Crippen LogP contribution in [0.4, 0.5) is 0 Å². The van der Waals surface area contributed by atoms with Crippen LogP contribution in [-0.4, -0.2) is 14.8 Å². The van der Waals surface area contributed by atoms with E-state index < -0.39 is 0 Å². The van der Waals surface area contributed by atoms with Crippen molar-refractivity contribution in [3.05, 3.63) is 113 Å². The molecule has 33 heavy (non-hydrogen) atoms. The number of hydrogen-bond acceptors (Lipinski definition) is 2. The van der Waals surface area contributed by atoms with Crippen LogP contribution in [0.15, 0.2) is 108 Å². The van der Waals surface area contributed by atoms with E-state index in [4.69, 9.17) is 0 Å². The molecule has 0 fully saturated rings. The second-order valence-electron chi connectivity index (χ2n) is 8.01. The van der Waals surface area contributed by atoms with Crippen molar-refractivity contribution in [2.75, 3.05) is 0 Å². The molecule has 3 nitrogen and oxygen atoms in total. The molecule has 162 valence electrons. The molecule has 0 saturated heterocycles. The van der Waals surface area contributed by atoms with E-state index in [1.807, 2.05) is 18.2 Å². The second kappa shape index (κ2) is 9.55. The number of nitrogens with zero attached hydrogens (tertiary/aromatic N) is 3. The first-order chi connectivity index (χ1) is 16.3. The van der Waals surface area contributed by atoms with Gasteiger partial charge >= 0.3 is 0 Å². The summed E-state index contributed by atoms with van der Waals surface area (Å²) < 4.78 is 2.85. The predicted octanol–water partition coefficient (Wildman–Crippen LogP) is 7.98. The number of benzene rings is 4. The van der Waals surface area contributed by atoms with E-state index in [-0.39, 0.29) is 0 Å². The SMILES string of the molecule is CCCc1cc(-c2ccccc2)cc(-c2ccccc2)c1-n1c(Br)nnc1-c1ccccc1. The third-order valence-electron chi connectivity index (χ3n) is 5.78.